The molecule has 2 rings (SSSR count). The number of nitrogens with zero attached hydrogens (tertiary/aromatic N) is 2. The lowest BCUT2D eigenvalue weighted by atomic mass is 10.0. The van der Waals surface area contributed by atoms with Crippen LogP contribution in [0.5, 0.6) is 5.75 Å². The Kier molecular flexibility index (Phi) is 3.62. The Balaban J connectivity index is 2.29. The molecule has 0 aliphatic rings. The number of ether oxygens (including phenoxy) is 1. The van der Waals surface area contributed by atoms with E-state index in [4.69, 9.17) is 10.5 Å². The maximum atomic E-state index is 13.8. The highest BCUT2D eigenvalue weighted by Crippen LogP contribution is 2.28. The summed E-state index contributed by atoms with van der Waals surface area (Å²) < 4.78 is 20.8. The van der Waals surface area contributed by atoms with E-state index in [1.165, 1.54) is 13.2 Å². The number of halogens is 1. The van der Waals surface area contributed by atoms with E-state index in [2.05, 4.69) is 4.98 Å². The zero-order valence-corrected chi connectivity index (χ0v) is 10.4. The summed E-state index contributed by atoms with van der Waals surface area (Å²) in [7, 11) is 3.39. The molecule has 0 spiro atoms. The largest absolute Gasteiger partial charge is 0.496 e. The second-order valence-electron chi connectivity index (χ2n) is 4.12. The number of hydrogen-bond donors (Lipinski definition) is 1. The lowest BCUT2D eigenvalue weighted by Crippen LogP contribution is -2.18. The van der Waals surface area contributed by atoms with Crippen LogP contribution in [0.15, 0.2) is 30.6 Å². The quantitative estimate of drug-likeness (QED) is 0.899. The topological polar surface area (TPSA) is 53.1 Å². The summed E-state index contributed by atoms with van der Waals surface area (Å²) in [4.78, 5) is 4.19. The molecule has 0 amide bonds. The molecule has 0 aliphatic carbocycles. The third kappa shape index (κ3) is 2.36. The van der Waals surface area contributed by atoms with Gasteiger partial charge in [-0.3, -0.25) is 0 Å². The van der Waals surface area contributed by atoms with Gasteiger partial charge >= 0.3 is 0 Å². The van der Waals surface area contributed by atoms with Crippen molar-refractivity contribution in [2.45, 2.75) is 12.5 Å². The van der Waals surface area contributed by atoms with Gasteiger partial charge < -0.3 is 15.0 Å². The fourth-order valence-electron chi connectivity index (χ4n) is 1.95. The fraction of sp³-hybridized carbons (Fsp3) is 0.308. The van der Waals surface area contributed by atoms with E-state index in [1.54, 1.807) is 18.3 Å². The van der Waals surface area contributed by atoms with Gasteiger partial charge in [-0.2, -0.15) is 0 Å². The van der Waals surface area contributed by atoms with Crippen LogP contribution in [-0.4, -0.2) is 16.7 Å². The van der Waals surface area contributed by atoms with E-state index in [1.807, 2.05) is 17.8 Å². The third-order valence-corrected chi connectivity index (χ3v) is 2.93. The molecule has 1 heterocycles. The summed E-state index contributed by atoms with van der Waals surface area (Å²) in [5.74, 6) is 0.931. The van der Waals surface area contributed by atoms with E-state index in [0.29, 0.717) is 17.7 Å². The zero-order chi connectivity index (χ0) is 13.1. The van der Waals surface area contributed by atoms with E-state index < -0.39 is 6.04 Å². The Morgan fingerprint density at radius 1 is 1.50 bits per heavy atom. The Hall–Kier alpha value is -1.88. The molecule has 1 aromatic heterocycles. The molecule has 0 aliphatic heterocycles. The summed E-state index contributed by atoms with van der Waals surface area (Å²) in [5.41, 5.74) is 6.45. The van der Waals surface area contributed by atoms with Crippen molar-refractivity contribution in [3.63, 3.8) is 0 Å². The predicted octanol–water partition coefficient (Wildman–Crippen LogP) is 1.81. The molecule has 0 saturated carbocycles. The molecule has 0 bridgehead atoms. The van der Waals surface area contributed by atoms with E-state index in [-0.39, 0.29) is 5.82 Å². The lowest BCUT2D eigenvalue weighted by Gasteiger charge is -2.16. The van der Waals surface area contributed by atoms with E-state index in [9.17, 15) is 4.39 Å². The number of hydrogen-bond acceptors (Lipinski definition) is 3. The van der Waals surface area contributed by atoms with E-state index >= 15 is 0 Å². The molecule has 2 aromatic rings. The smallest absolute Gasteiger partial charge is 0.131 e. The molecule has 2 N–H and O–H groups in total. The SMILES string of the molecule is COc1cccc(F)c1C(N)Cc1nccn1C. The van der Waals surface area contributed by atoms with Crippen molar-refractivity contribution in [2.75, 3.05) is 7.11 Å². The van der Waals surface area contributed by atoms with Crippen LogP contribution in [0.1, 0.15) is 17.4 Å². The Morgan fingerprint density at radius 2 is 2.28 bits per heavy atom. The van der Waals surface area contributed by atoms with Crippen molar-refractivity contribution in [1.29, 1.82) is 0 Å². The number of imidazole rings is 1. The van der Waals surface area contributed by atoms with Gasteiger partial charge in [0.1, 0.15) is 17.4 Å². The Morgan fingerprint density at radius 3 is 2.89 bits per heavy atom. The van der Waals surface area contributed by atoms with Crippen LogP contribution in [0.25, 0.3) is 0 Å². The second-order valence-corrected chi connectivity index (χ2v) is 4.12. The number of aromatic nitrogens is 2. The van der Waals surface area contributed by atoms with Crippen molar-refractivity contribution in [1.82, 2.24) is 9.55 Å². The number of nitrogens with two attached hydrogens (primary N) is 1. The van der Waals surface area contributed by atoms with Crippen molar-refractivity contribution in [2.24, 2.45) is 12.8 Å². The molecule has 0 radical (unpaired) electrons. The number of methoxy groups -OCH3 is 1. The Bertz CT molecular complexity index is 539. The number of rotatable bonds is 4. The molecule has 96 valence electrons. The molecule has 4 nitrogen and oxygen atoms in total. The number of aryl methyl sites for hydroxylation is 1. The van der Waals surface area contributed by atoms with Crippen molar-refractivity contribution < 1.29 is 9.13 Å². The molecule has 0 saturated heterocycles. The minimum atomic E-state index is -0.484. The zero-order valence-electron chi connectivity index (χ0n) is 10.4. The molecular formula is C13H16FN3O. The van der Waals surface area contributed by atoms with Crippen LogP contribution in [0.4, 0.5) is 4.39 Å². The average Bonchev–Trinajstić information content (AvgIpc) is 2.74. The normalized spacial score (nSPS) is 12.4. The third-order valence-electron chi connectivity index (χ3n) is 2.93. The molecule has 18 heavy (non-hydrogen) atoms. The van der Waals surface area contributed by atoms with Gasteiger partial charge in [-0.15, -0.1) is 0 Å². The van der Waals surface area contributed by atoms with Crippen LogP contribution in [0.3, 0.4) is 0 Å². The standard InChI is InChI=1S/C13H16FN3O/c1-17-7-6-16-12(17)8-10(15)13-9(14)4-3-5-11(13)18-2/h3-7,10H,8,15H2,1-2H3. The first kappa shape index (κ1) is 12.6. The lowest BCUT2D eigenvalue weighted by molar-refractivity contribution is 0.398. The first-order valence-corrected chi connectivity index (χ1v) is 5.67. The van der Waals surface area contributed by atoms with Gasteiger partial charge in [-0.05, 0) is 12.1 Å². The molecule has 5 heteroatoms. The van der Waals surface area contributed by atoms with Crippen LogP contribution in [-0.2, 0) is 13.5 Å². The summed E-state index contributed by atoms with van der Waals surface area (Å²) >= 11 is 0. The predicted molar refractivity (Wildman–Crippen MR) is 66.8 cm³/mol. The highest BCUT2D eigenvalue weighted by atomic mass is 19.1. The Labute approximate surface area is 105 Å². The monoisotopic (exact) mass is 249 g/mol. The van der Waals surface area contributed by atoms with Gasteiger partial charge in [0.25, 0.3) is 0 Å². The van der Waals surface area contributed by atoms with Crippen LogP contribution >= 0.6 is 0 Å². The summed E-state index contributed by atoms with van der Waals surface area (Å²) in [6.45, 7) is 0. The van der Waals surface area contributed by atoms with Gasteiger partial charge in [0, 0.05) is 37.5 Å². The second kappa shape index (κ2) is 5.18. The van der Waals surface area contributed by atoms with Crippen LogP contribution in [0, 0.1) is 5.82 Å². The van der Waals surface area contributed by atoms with Crippen molar-refractivity contribution in [3.8, 4) is 5.75 Å². The van der Waals surface area contributed by atoms with Crippen LogP contribution < -0.4 is 10.5 Å². The summed E-state index contributed by atoms with van der Waals surface area (Å²) in [6, 6.07) is 4.21. The number of benzene rings is 1. The van der Waals surface area contributed by atoms with Gasteiger partial charge in [0.15, 0.2) is 0 Å². The van der Waals surface area contributed by atoms with Gasteiger partial charge in [-0.1, -0.05) is 6.07 Å². The van der Waals surface area contributed by atoms with Gasteiger partial charge in [0.05, 0.1) is 7.11 Å². The highest BCUT2D eigenvalue weighted by Gasteiger charge is 2.18. The van der Waals surface area contributed by atoms with E-state index in [0.717, 1.165) is 5.82 Å². The average molecular weight is 249 g/mol. The first-order valence-electron chi connectivity index (χ1n) is 5.67. The first-order chi connectivity index (χ1) is 8.63. The van der Waals surface area contributed by atoms with Crippen molar-refractivity contribution >= 4 is 0 Å². The minimum Gasteiger partial charge on any atom is -0.496 e. The van der Waals surface area contributed by atoms with Crippen molar-refractivity contribution in [3.05, 3.63) is 47.8 Å². The molecule has 0 fully saturated rings. The fourth-order valence-corrected chi connectivity index (χ4v) is 1.95. The maximum absolute atomic E-state index is 13.8. The summed E-state index contributed by atoms with van der Waals surface area (Å²) in [5, 5.41) is 0. The molecule has 1 atom stereocenters. The molecule has 1 unspecified atom stereocenters. The van der Waals surface area contributed by atoms with Gasteiger partial charge in [0.2, 0.25) is 0 Å². The highest BCUT2D eigenvalue weighted by molar-refractivity contribution is 5.37. The summed E-state index contributed by atoms with van der Waals surface area (Å²) in [6.07, 6.45) is 3.99. The van der Waals surface area contributed by atoms with Gasteiger partial charge in [-0.25, -0.2) is 9.37 Å². The van der Waals surface area contributed by atoms with Crippen LogP contribution in [0.2, 0.25) is 0 Å². The molecular weight excluding hydrogens is 233 g/mol. The minimum absolute atomic E-state index is 0.351. The maximum Gasteiger partial charge on any atom is 0.131 e. The molecule has 1 aromatic carbocycles.